The van der Waals surface area contributed by atoms with E-state index in [4.69, 9.17) is 4.74 Å². The summed E-state index contributed by atoms with van der Waals surface area (Å²) in [6, 6.07) is 8.70. The SMILES string of the molecule is COc1ccc(S(=O)(=O)NC(C)c2cc(C)c(C)cc2C)cc1C. The average Bonchev–Trinajstić information content (AvgIpc) is 2.50. The molecule has 0 saturated heterocycles. The van der Waals surface area contributed by atoms with Gasteiger partial charge in [-0.25, -0.2) is 13.1 Å². The quantitative estimate of drug-likeness (QED) is 0.890. The maximum atomic E-state index is 12.7. The third kappa shape index (κ3) is 3.79. The highest BCUT2D eigenvalue weighted by molar-refractivity contribution is 7.89. The van der Waals surface area contributed by atoms with Crippen LogP contribution in [0.3, 0.4) is 0 Å². The molecule has 4 nitrogen and oxygen atoms in total. The fourth-order valence-corrected chi connectivity index (χ4v) is 4.14. The average molecular weight is 347 g/mol. The van der Waals surface area contributed by atoms with E-state index < -0.39 is 10.0 Å². The Labute approximate surface area is 144 Å². The maximum absolute atomic E-state index is 12.7. The first-order valence-electron chi connectivity index (χ1n) is 7.90. The summed E-state index contributed by atoms with van der Waals surface area (Å²) in [5.74, 6) is 0.673. The Morgan fingerprint density at radius 1 is 0.917 bits per heavy atom. The van der Waals surface area contributed by atoms with Crippen LogP contribution in [-0.2, 0) is 10.0 Å². The predicted octanol–water partition coefficient (Wildman–Crippen LogP) is 3.97. The minimum absolute atomic E-state index is 0.245. The Morgan fingerprint density at radius 3 is 2.12 bits per heavy atom. The highest BCUT2D eigenvalue weighted by Gasteiger charge is 2.20. The van der Waals surface area contributed by atoms with Gasteiger partial charge in [-0.2, -0.15) is 0 Å². The third-order valence-electron chi connectivity index (χ3n) is 4.36. The van der Waals surface area contributed by atoms with E-state index in [0.717, 1.165) is 22.3 Å². The number of aryl methyl sites for hydroxylation is 4. The number of benzene rings is 2. The second-order valence-corrected chi connectivity index (χ2v) is 7.98. The van der Waals surface area contributed by atoms with Gasteiger partial charge in [-0.05, 0) is 80.6 Å². The molecule has 0 aliphatic rings. The lowest BCUT2D eigenvalue weighted by Crippen LogP contribution is -2.27. The van der Waals surface area contributed by atoms with Crippen molar-refractivity contribution < 1.29 is 13.2 Å². The van der Waals surface area contributed by atoms with Crippen LogP contribution in [0.25, 0.3) is 0 Å². The first kappa shape index (κ1) is 18.5. The number of methoxy groups -OCH3 is 1. The van der Waals surface area contributed by atoms with E-state index >= 15 is 0 Å². The molecule has 0 radical (unpaired) electrons. The number of hydrogen-bond acceptors (Lipinski definition) is 3. The summed E-state index contributed by atoms with van der Waals surface area (Å²) in [7, 11) is -2.03. The lowest BCUT2D eigenvalue weighted by Gasteiger charge is -2.19. The van der Waals surface area contributed by atoms with Gasteiger partial charge in [0.1, 0.15) is 5.75 Å². The van der Waals surface area contributed by atoms with Crippen molar-refractivity contribution in [2.24, 2.45) is 0 Å². The first-order chi connectivity index (χ1) is 11.2. The summed E-state index contributed by atoms with van der Waals surface area (Å²) >= 11 is 0. The molecule has 5 heteroatoms. The largest absolute Gasteiger partial charge is 0.496 e. The number of ether oxygens (including phenoxy) is 1. The number of hydrogen-bond donors (Lipinski definition) is 1. The number of sulfonamides is 1. The molecule has 0 spiro atoms. The van der Waals surface area contributed by atoms with Crippen LogP contribution in [0.5, 0.6) is 5.75 Å². The summed E-state index contributed by atoms with van der Waals surface area (Å²) in [5, 5.41) is 0. The molecule has 0 fully saturated rings. The van der Waals surface area contributed by atoms with Crippen LogP contribution in [0.1, 0.15) is 40.8 Å². The molecule has 2 rings (SSSR count). The molecular formula is C19H25NO3S. The van der Waals surface area contributed by atoms with E-state index in [9.17, 15) is 8.42 Å². The molecule has 0 amide bonds. The van der Waals surface area contributed by atoms with E-state index in [2.05, 4.69) is 23.8 Å². The Hall–Kier alpha value is -1.85. The van der Waals surface area contributed by atoms with Crippen LogP contribution >= 0.6 is 0 Å². The van der Waals surface area contributed by atoms with Gasteiger partial charge in [0.05, 0.1) is 12.0 Å². The van der Waals surface area contributed by atoms with Gasteiger partial charge < -0.3 is 4.74 Å². The second kappa shape index (κ2) is 6.95. The summed E-state index contributed by atoms with van der Waals surface area (Å²) in [6.07, 6.45) is 0. The van der Waals surface area contributed by atoms with E-state index in [1.165, 1.54) is 5.56 Å². The highest BCUT2D eigenvalue weighted by Crippen LogP contribution is 2.25. The molecule has 0 aliphatic carbocycles. The molecule has 0 saturated carbocycles. The Bertz CT molecular complexity index is 857. The summed E-state index contributed by atoms with van der Waals surface area (Å²) in [4.78, 5) is 0.245. The zero-order valence-corrected chi connectivity index (χ0v) is 15.9. The zero-order chi connectivity index (χ0) is 18.1. The summed E-state index contributed by atoms with van der Waals surface area (Å²) in [6.45, 7) is 9.79. The number of rotatable bonds is 5. The van der Waals surface area contributed by atoms with Gasteiger partial charge in [-0.15, -0.1) is 0 Å². The van der Waals surface area contributed by atoms with Crippen molar-refractivity contribution in [3.05, 3.63) is 58.1 Å². The third-order valence-corrected chi connectivity index (χ3v) is 5.90. The topological polar surface area (TPSA) is 55.4 Å². The Balaban J connectivity index is 2.32. The van der Waals surface area contributed by atoms with Crippen LogP contribution in [0.15, 0.2) is 35.2 Å². The molecule has 0 bridgehead atoms. The maximum Gasteiger partial charge on any atom is 0.241 e. The van der Waals surface area contributed by atoms with Crippen molar-refractivity contribution >= 4 is 10.0 Å². The first-order valence-corrected chi connectivity index (χ1v) is 9.38. The molecule has 1 unspecified atom stereocenters. The van der Waals surface area contributed by atoms with Crippen molar-refractivity contribution in [2.75, 3.05) is 7.11 Å². The molecule has 2 aromatic rings. The molecule has 1 N–H and O–H groups in total. The standard InChI is InChI=1S/C19H25NO3S/c1-12-9-14(3)18(11-13(12)2)16(5)20-24(21,22)17-7-8-19(23-6)15(4)10-17/h7-11,16,20H,1-6H3. The van der Waals surface area contributed by atoms with Crippen molar-refractivity contribution in [1.29, 1.82) is 0 Å². The van der Waals surface area contributed by atoms with E-state index in [0.29, 0.717) is 5.75 Å². The minimum atomic E-state index is -3.60. The van der Waals surface area contributed by atoms with Gasteiger partial charge in [0.15, 0.2) is 0 Å². The smallest absolute Gasteiger partial charge is 0.241 e. The van der Waals surface area contributed by atoms with Crippen LogP contribution in [0.2, 0.25) is 0 Å². The van der Waals surface area contributed by atoms with Crippen LogP contribution in [0, 0.1) is 27.7 Å². The fraction of sp³-hybridized carbons (Fsp3) is 0.368. The predicted molar refractivity (Wildman–Crippen MR) is 97.1 cm³/mol. The van der Waals surface area contributed by atoms with Gasteiger partial charge in [0, 0.05) is 6.04 Å². The Kier molecular flexibility index (Phi) is 5.35. The molecule has 130 valence electrons. The van der Waals surface area contributed by atoms with Crippen molar-refractivity contribution in [3.8, 4) is 5.75 Å². The van der Waals surface area contributed by atoms with Gasteiger partial charge in [-0.1, -0.05) is 12.1 Å². The lowest BCUT2D eigenvalue weighted by atomic mass is 9.97. The summed E-state index contributed by atoms with van der Waals surface area (Å²) < 4.78 is 33.3. The van der Waals surface area contributed by atoms with Crippen molar-refractivity contribution in [2.45, 2.75) is 45.6 Å². The van der Waals surface area contributed by atoms with Crippen LogP contribution < -0.4 is 9.46 Å². The molecular weight excluding hydrogens is 322 g/mol. The van der Waals surface area contributed by atoms with Gasteiger partial charge in [-0.3, -0.25) is 0 Å². The van der Waals surface area contributed by atoms with Crippen molar-refractivity contribution in [3.63, 3.8) is 0 Å². The molecule has 24 heavy (non-hydrogen) atoms. The van der Waals surface area contributed by atoms with Crippen LogP contribution in [0.4, 0.5) is 0 Å². The lowest BCUT2D eigenvalue weighted by molar-refractivity contribution is 0.411. The van der Waals surface area contributed by atoms with Gasteiger partial charge >= 0.3 is 0 Å². The molecule has 0 heterocycles. The molecule has 1 atom stereocenters. The normalized spacial score (nSPS) is 12.9. The van der Waals surface area contributed by atoms with Gasteiger partial charge in [0.2, 0.25) is 10.0 Å². The molecule has 2 aromatic carbocycles. The van der Waals surface area contributed by atoms with Crippen LogP contribution in [-0.4, -0.2) is 15.5 Å². The number of nitrogens with one attached hydrogen (secondary N) is 1. The van der Waals surface area contributed by atoms with E-state index in [1.54, 1.807) is 25.3 Å². The van der Waals surface area contributed by atoms with Gasteiger partial charge in [0.25, 0.3) is 0 Å². The minimum Gasteiger partial charge on any atom is -0.496 e. The van der Waals surface area contributed by atoms with E-state index in [1.807, 2.05) is 27.7 Å². The zero-order valence-electron chi connectivity index (χ0n) is 15.1. The Morgan fingerprint density at radius 2 is 1.54 bits per heavy atom. The monoisotopic (exact) mass is 347 g/mol. The van der Waals surface area contributed by atoms with E-state index in [-0.39, 0.29) is 10.9 Å². The fourth-order valence-electron chi connectivity index (χ4n) is 2.83. The molecule has 0 aromatic heterocycles. The highest BCUT2D eigenvalue weighted by atomic mass is 32.2. The molecule has 0 aliphatic heterocycles. The summed E-state index contributed by atoms with van der Waals surface area (Å²) in [5.41, 5.74) is 5.22. The van der Waals surface area contributed by atoms with Crippen molar-refractivity contribution in [1.82, 2.24) is 4.72 Å². The second-order valence-electron chi connectivity index (χ2n) is 6.27.